The topological polar surface area (TPSA) is 75.3 Å². The van der Waals surface area contributed by atoms with Gasteiger partial charge in [0, 0.05) is 18.0 Å². The summed E-state index contributed by atoms with van der Waals surface area (Å²) in [7, 11) is 1.57. The van der Waals surface area contributed by atoms with Gasteiger partial charge in [-0.1, -0.05) is 17.7 Å². The highest BCUT2D eigenvalue weighted by molar-refractivity contribution is 14.0. The highest BCUT2D eigenvalue weighted by atomic mass is 127. The number of nitrogens with one attached hydrogen (secondary N) is 2. The predicted octanol–water partition coefficient (Wildman–Crippen LogP) is 4.61. The lowest BCUT2D eigenvalue weighted by molar-refractivity contribution is -0.140. The predicted molar refractivity (Wildman–Crippen MR) is 116 cm³/mol. The second kappa shape index (κ2) is 10.1. The standard InChI is InChI=1S/C18H18F3N5OS.HI/c1-11-3-5-12(6-4-11)16-25-13(9-27-16)7-23-17(22-2)24-8-15-26-14(10-28-15)18(19,20)21;/h3-6,9-10H,7-8H2,1-2H3,(H2,22,23,24);1H. The zero-order valence-electron chi connectivity index (χ0n) is 15.6. The Kier molecular flexibility index (Phi) is 8.02. The van der Waals surface area contributed by atoms with E-state index in [0.29, 0.717) is 29.1 Å². The molecule has 0 fully saturated rings. The molecular weight excluding hydrogens is 518 g/mol. The first-order valence-corrected chi connectivity index (χ1v) is 9.20. The Morgan fingerprint density at radius 2 is 1.83 bits per heavy atom. The fourth-order valence-corrected chi connectivity index (χ4v) is 3.03. The highest BCUT2D eigenvalue weighted by Crippen LogP contribution is 2.29. The molecule has 0 aliphatic rings. The minimum Gasteiger partial charge on any atom is -0.444 e. The van der Waals surface area contributed by atoms with Crippen LogP contribution in [-0.4, -0.2) is 23.0 Å². The van der Waals surface area contributed by atoms with E-state index in [1.807, 2.05) is 31.2 Å². The van der Waals surface area contributed by atoms with Crippen LogP contribution in [0.3, 0.4) is 0 Å². The minimum atomic E-state index is -4.43. The molecule has 0 saturated carbocycles. The number of oxazole rings is 1. The van der Waals surface area contributed by atoms with Crippen LogP contribution in [0.25, 0.3) is 11.5 Å². The summed E-state index contributed by atoms with van der Waals surface area (Å²) >= 11 is 0.942. The number of aliphatic imine (C=N–C) groups is 1. The molecule has 156 valence electrons. The van der Waals surface area contributed by atoms with Gasteiger partial charge in [-0.15, -0.1) is 35.3 Å². The van der Waals surface area contributed by atoms with Crippen LogP contribution in [0.1, 0.15) is 22.0 Å². The third-order valence-corrected chi connectivity index (χ3v) is 4.61. The van der Waals surface area contributed by atoms with Crippen molar-refractivity contribution in [2.24, 2.45) is 4.99 Å². The zero-order valence-corrected chi connectivity index (χ0v) is 18.7. The van der Waals surface area contributed by atoms with Gasteiger partial charge in [-0.3, -0.25) is 4.99 Å². The molecule has 2 N–H and O–H groups in total. The quantitative estimate of drug-likeness (QED) is 0.283. The maximum absolute atomic E-state index is 12.6. The van der Waals surface area contributed by atoms with E-state index in [9.17, 15) is 13.2 Å². The number of alkyl halides is 3. The number of aromatic nitrogens is 2. The molecule has 2 heterocycles. The third-order valence-electron chi connectivity index (χ3n) is 3.76. The van der Waals surface area contributed by atoms with Gasteiger partial charge in [-0.2, -0.15) is 13.2 Å². The maximum Gasteiger partial charge on any atom is 0.434 e. The van der Waals surface area contributed by atoms with Gasteiger partial charge < -0.3 is 15.1 Å². The number of hydrogen-bond acceptors (Lipinski definition) is 5. The molecule has 0 radical (unpaired) electrons. The van der Waals surface area contributed by atoms with E-state index in [-0.39, 0.29) is 30.5 Å². The van der Waals surface area contributed by atoms with E-state index >= 15 is 0 Å². The average molecular weight is 537 g/mol. The molecular formula is C18H19F3IN5OS. The number of nitrogens with zero attached hydrogens (tertiary/aromatic N) is 3. The molecule has 0 spiro atoms. The Labute approximate surface area is 186 Å². The van der Waals surface area contributed by atoms with Crippen molar-refractivity contribution < 1.29 is 17.6 Å². The number of halogens is 4. The van der Waals surface area contributed by atoms with Gasteiger partial charge in [0.2, 0.25) is 5.89 Å². The molecule has 0 saturated heterocycles. The van der Waals surface area contributed by atoms with Crippen molar-refractivity contribution in [2.75, 3.05) is 7.05 Å². The average Bonchev–Trinajstić information content (AvgIpc) is 3.32. The summed E-state index contributed by atoms with van der Waals surface area (Å²) in [6, 6.07) is 7.82. The van der Waals surface area contributed by atoms with Crippen molar-refractivity contribution in [3.63, 3.8) is 0 Å². The molecule has 0 unspecified atom stereocenters. The van der Waals surface area contributed by atoms with E-state index in [1.165, 1.54) is 0 Å². The first-order chi connectivity index (χ1) is 13.3. The lowest BCUT2D eigenvalue weighted by atomic mass is 10.1. The SMILES string of the molecule is CN=C(NCc1coc(-c2ccc(C)cc2)n1)NCc1nc(C(F)(F)F)cs1.I. The number of benzene rings is 1. The van der Waals surface area contributed by atoms with Crippen molar-refractivity contribution in [1.82, 2.24) is 20.6 Å². The third kappa shape index (κ3) is 6.42. The summed E-state index contributed by atoms with van der Waals surface area (Å²) in [4.78, 5) is 12.0. The smallest absolute Gasteiger partial charge is 0.434 e. The Morgan fingerprint density at radius 1 is 1.14 bits per heavy atom. The normalized spacial score (nSPS) is 11.8. The molecule has 0 aliphatic carbocycles. The van der Waals surface area contributed by atoms with Gasteiger partial charge >= 0.3 is 6.18 Å². The van der Waals surface area contributed by atoms with Gasteiger partial charge in [0.05, 0.1) is 18.8 Å². The van der Waals surface area contributed by atoms with Gasteiger partial charge in [0.25, 0.3) is 0 Å². The van der Waals surface area contributed by atoms with E-state index in [2.05, 4.69) is 25.6 Å². The lowest BCUT2D eigenvalue weighted by Crippen LogP contribution is -2.36. The number of aryl methyl sites for hydroxylation is 1. The molecule has 3 aromatic rings. The molecule has 2 aromatic heterocycles. The highest BCUT2D eigenvalue weighted by Gasteiger charge is 2.33. The van der Waals surface area contributed by atoms with E-state index in [4.69, 9.17) is 4.42 Å². The van der Waals surface area contributed by atoms with E-state index < -0.39 is 11.9 Å². The molecule has 29 heavy (non-hydrogen) atoms. The number of hydrogen-bond donors (Lipinski definition) is 2. The second-order valence-electron chi connectivity index (χ2n) is 5.91. The zero-order chi connectivity index (χ0) is 20.1. The van der Waals surface area contributed by atoms with Crippen LogP contribution < -0.4 is 10.6 Å². The Balaban J connectivity index is 0.00000300. The van der Waals surface area contributed by atoms with Crippen LogP contribution in [0.15, 0.2) is 45.3 Å². The van der Waals surface area contributed by atoms with Gasteiger partial charge in [0.1, 0.15) is 11.3 Å². The van der Waals surface area contributed by atoms with Crippen LogP contribution in [0.2, 0.25) is 0 Å². The van der Waals surface area contributed by atoms with Crippen molar-refractivity contribution >= 4 is 41.3 Å². The Bertz CT molecular complexity index is 953. The van der Waals surface area contributed by atoms with Crippen LogP contribution in [0.5, 0.6) is 0 Å². The fraction of sp³-hybridized carbons (Fsp3) is 0.278. The Morgan fingerprint density at radius 3 is 2.45 bits per heavy atom. The molecule has 0 aliphatic heterocycles. The fourth-order valence-electron chi connectivity index (χ4n) is 2.29. The van der Waals surface area contributed by atoms with E-state index in [0.717, 1.165) is 27.8 Å². The number of rotatable bonds is 5. The van der Waals surface area contributed by atoms with Crippen molar-refractivity contribution in [2.45, 2.75) is 26.2 Å². The lowest BCUT2D eigenvalue weighted by Gasteiger charge is -2.09. The van der Waals surface area contributed by atoms with Crippen molar-refractivity contribution in [3.8, 4) is 11.5 Å². The molecule has 3 rings (SSSR count). The largest absolute Gasteiger partial charge is 0.444 e. The molecule has 0 amide bonds. The van der Waals surface area contributed by atoms with Crippen LogP contribution in [0, 0.1) is 6.92 Å². The summed E-state index contributed by atoms with van der Waals surface area (Å²) in [6.07, 6.45) is -2.89. The second-order valence-corrected chi connectivity index (χ2v) is 6.86. The van der Waals surface area contributed by atoms with Crippen LogP contribution in [-0.2, 0) is 19.3 Å². The molecule has 11 heteroatoms. The summed E-state index contributed by atoms with van der Waals surface area (Å²) < 4.78 is 43.3. The minimum absolute atomic E-state index is 0. The molecule has 6 nitrogen and oxygen atoms in total. The van der Waals surface area contributed by atoms with Gasteiger partial charge in [0.15, 0.2) is 11.7 Å². The van der Waals surface area contributed by atoms with Gasteiger partial charge in [-0.25, -0.2) is 9.97 Å². The van der Waals surface area contributed by atoms with Crippen LogP contribution in [0.4, 0.5) is 13.2 Å². The number of thiazole rings is 1. The number of guanidine groups is 1. The maximum atomic E-state index is 12.6. The first-order valence-electron chi connectivity index (χ1n) is 8.32. The summed E-state index contributed by atoms with van der Waals surface area (Å²) in [5, 5.41) is 7.28. The summed E-state index contributed by atoms with van der Waals surface area (Å²) in [5.74, 6) is 0.936. The summed E-state index contributed by atoms with van der Waals surface area (Å²) in [5.41, 5.74) is 1.81. The van der Waals surface area contributed by atoms with Crippen LogP contribution >= 0.6 is 35.3 Å². The van der Waals surface area contributed by atoms with Crippen molar-refractivity contribution in [1.29, 1.82) is 0 Å². The molecule has 0 atom stereocenters. The Hall–Kier alpha value is -2.15. The van der Waals surface area contributed by atoms with Crippen molar-refractivity contribution in [3.05, 3.63) is 57.9 Å². The van der Waals surface area contributed by atoms with Gasteiger partial charge in [-0.05, 0) is 19.1 Å². The molecule has 1 aromatic carbocycles. The van der Waals surface area contributed by atoms with E-state index in [1.54, 1.807) is 13.3 Å². The monoisotopic (exact) mass is 537 g/mol. The summed E-state index contributed by atoms with van der Waals surface area (Å²) in [6.45, 7) is 2.48. The molecule has 0 bridgehead atoms. The first kappa shape index (κ1) is 23.1.